The molecular formula is C21H23ClNP. The van der Waals surface area contributed by atoms with Crippen LogP contribution in [0.4, 0.5) is 0 Å². The molecule has 0 N–H and O–H groups in total. The largest absolute Gasteiger partial charge is 1.00 e. The van der Waals surface area contributed by atoms with Crippen molar-refractivity contribution in [2.45, 2.75) is 6.92 Å². The predicted octanol–water partition coefficient (Wildman–Crippen LogP) is 0.851. The fourth-order valence-electron chi connectivity index (χ4n) is 3.18. The molecule has 0 amide bonds. The molecule has 0 bridgehead atoms. The van der Waals surface area contributed by atoms with Crippen LogP contribution in [0.2, 0.25) is 0 Å². The van der Waals surface area contributed by atoms with Crippen LogP contribution in [0.1, 0.15) is 6.92 Å². The second-order valence-electron chi connectivity index (χ2n) is 5.62. The Kier molecular flexibility index (Phi) is 6.57. The minimum atomic E-state index is -1.81. The highest BCUT2D eigenvalue weighted by Crippen LogP contribution is 2.57. The molecule has 3 rings (SSSR count). The average molecular weight is 356 g/mol. The summed E-state index contributed by atoms with van der Waals surface area (Å²) in [6.07, 6.45) is 0. The molecule has 124 valence electrons. The Morgan fingerprint density at radius 3 is 1.17 bits per heavy atom. The van der Waals surface area contributed by atoms with Gasteiger partial charge in [0.1, 0.15) is 15.9 Å². The number of nitrogens with zero attached hydrogens (tertiary/aromatic N) is 1. The summed E-state index contributed by atoms with van der Waals surface area (Å²) in [7, 11) is 0.440. The number of hydrogen-bond acceptors (Lipinski definition) is 1. The Bertz CT molecular complexity index is 635. The number of rotatable bonds is 5. The summed E-state index contributed by atoms with van der Waals surface area (Å²) in [5.74, 6) is 0. The maximum absolute atomic E-state index is 2.53. The third-order valence-corrected chi connectivity index (χ3v) is 8.80. The number of benzene rings is 3. The summed E-state index contributed by atoms with van der Waals surface area (Å²) in [5, 5.41) is 4.21. The molecule has 0 saturated heterocycles. The quantitative estimate of drug-likeness (QED) is 0.613. The van der Waals surface area contributed by atoms with Gasteiger partial charge in [0.15, 0.2) is 7.41 Å². The third-order valence-electron chi connectivity index (χ3n) is 4.36. The highest BCUT2D eigenvalue weighted by Gasteiger charge is 2.49. The van der Waals surface area contributed by atoms with E-state index < -0.39 is 7.41 Å². The molecule has 0 aliphatic heterocycles. The smallest absolute Gasteiger partial charge is 0.181 e. The van der Waals surface area contributed by atoms with Gasteiger partial charge in [0.05, 0.1) is 0 Å². The van der Waals surface area contributed by atoms with E-state index in [0.717, 1.165) is 6.54 Å². The van der Waals surface area contributed by atoms with Crippen LogP contribution < -0.4 is 28.3 Å². The summed E-state index contributed by atoms with van der Waals surface area (Å²) in [5.41, 5.74) is 0. The van der Waals surface area contributed by atoms with Gasteiger partial charge in [-0.05, 0) is 43.3 Å². The maximum Gasteiger partial charge on any atom is 0.181 e. The molecule has 0 aliphatic carbocycles. The van der Waals surface area contributed by atoms with Crippen molar-refractivity contribution in [1.82, 2.24) is 4.67 Å². The Morgan fingerprint density at radius 2 is 0.917 bits per heavy atom. The van der Waals surface area contributed by atoms with Crippen LogP contribution in [-0.4, -0.2) is 18.3 Å². The highest BCUT2D eigenvalue weighted by molar-refractivity contribution is 7.93. The van der Waals surface area contributed by atoms with E-state index in [2.05, 4.69) is 110 Å². The second kappa shape index (κ2) is 8.44. The van der Waals surface area contributed by atoms with Crippen molar-refractivity contribution in [3.8, 4) is 0 Å². The van der Waals surface area contributed by atoms with E-state index in [1.54, 1.807) is 0 Å². The van der Waals surface area contributed by atoms with Crippen LogP contribution in [0.3, 0.4) is 0 Å². The zero-order chi connectivity index (χ0) is 16.1. The SMILES string of the molecule is CCN(C)[P+](c1ccccc1)(c1ccccc1)c1ccccc1.[Cl-]. The second-order valence-corrected chi connectivity index (χ2v) is 9.12. The lowest BCUT2D eigenvalue weighted by molar-refractivity contribution is -0.00000459. The monoisotopic (exact) mass is 355 g/mol. The van der Waals surface area contributed by atoms with E-state index in [1.165, 1.54) is 15.9 Å². The molecule has 0 atom stereocenters. The molecule has 3 aromatic rings. The lowest BCUT2D eigenvalue weighted by atomic mass is 10.4. The van der Waals surface area contributed by atoms with Gasteiger partial charge in [-0.15, -0.1) is 0 Å². The van der Waals surface area contributed by atoms with Crippen molar-refractivity contribution in [3.05, 3.63) is 91.0 Å². The van der Waals surface area contributed by atoms with Gasteiger partial charge in [0.25, 0.3) is 0 Å². The summed E-state index contributed by atoms with van der Waals surface area (Å²) in [6.45, 7) is 3.25. The molecule has 0 spiro atoms. The first-order valence-electron chi connectivity index (χ1n) is 8.07. The van der Waals surface area contributed by atoms with Crippen LogP contribution in [0, 0.1) is 0 Å². The fraction of sp³-hybridized carbons (Fsp3) is 0.143. The molecule has 0 radical (unpaired) electrons. The molecule has 0 saturated carbocycles. The molecule has 0 aliphatic rings. The van der Waals surface area contributed by atoms with Gasteiger partial charge in [-0.2, -0.15) is 4.67 Å². The minimum absolute atomic E-state index is 0. The van der Waals surface area contributed by atoms with E-state index in [1.807, 2.05) is 0 Å². The van der Waals surface area contributed by atoms with E-state index >= 15 is 0 Å². The lowest BCUT2D eigenvalue weighted by Crippen LogP contribution is -3.00. The fourth-order valence-corrected chi connectivity index (χ4v) is 7.49. The first-order chi connectivity index (χ1) is 11.3. The number of hydrogen-bond donors (Lipinski definition) is 0. The molecule has 0 unspecified atom stereocenters. The van der Waals surface area contributed by atoms with Gasteiger partial charge in [-0.1, -0.05) is 54.6 Å². The van der Waals surface area contributed by atoms with E-state index in [0.29, 0.717) is 0 Å². The van der Waals surface area contributed by atoms with Crippen LogP contribution in [0.25, 0.3) is 0 Å². The molecule has 24 heavy (non-hydrogen) atoms. The molecule has 0 fully saturated rings. The van der Waals surface area contributed by atoms with Crippen molar-refractivity contribution >= 4 is 23.3 Å². The van der Waals surface area contributed by atoms with Crippen LogP contribution >= 0.6 is 7.41 Å². The normalized spacial score (nSPS) is 11.1. The predicted molar refractivity (Wildman–Crippen MR) is 103 cm³/mol. The van der Waals surface area contributed by atoms with Gasteiger partial charge in [0, 0.05) is 13.6 Å². The summed E-state index contributed by atoms with van der Waals surface area (Å²) < 4.78 is 2.53. The maximum atomic E-state index is 2.53. The zero-order valence-corrected chi connectivity index (χ0v) is 15.8. The van der Waals surface area contributed by atoms with Gasteiger partial charge in [-0.3, -0.25) is 0 Å². The van der Waals surface area contributed by atoms with Crippen molar-refractivity contribution < 1.29 is 12.4 Å². The van der Waals surface area contributed by atoms with Crippen LogP contribution in [0.15, 0.2) is 91.0 Å². The van der Waals surface area contributed by atoms with E-state index in [9.17, 15) is 0 Å². The summed E-state index contributed by atoms with van der Waals surface area (Å²) >= 11 is 0. The van der Waals surface area contributed by atoms with Gasteiger partial charge >= 0.3 is 0 Å². The van der Waals surface area contributed by atoms with Gasteiger partial charge in [0.2, 0.25) is 0 Å². The molecular weight excluding hydrogens is 333 g/mol. The summed E-state index contributed by atoms with van der Waals surface area (Å²) in [6, 6.07) is 32.9. The van der Waals surface area contributed by atoms with Crippen LogP contribution in [0.5, 0.6) is 0 Å². The zero-order valence-electron chi connectivity index (χ0n) is 14.1. The Balaban J connectivity index is 0.00000208. The van der Waals surface area contributed by atoms with Crippen molar-refractivity contribution in [2.75, 3.05) is 13.6 Å². The lowest BCUT2D eigenvalue weighted by Gasteiger charge is -2.33. The van der Waals surface area contributed by atoms with E-state index in [4.69, 9.17) is 0 Å². The first kappa shape index (κ1) is 18.7. The first-order valence-corrected chi connectivity index (χ1v) is 9.82. The van der Waals surface area contributed by atoms with E-state index in [-0.39, 0.29) is 12.4 Å². The average Bonchev–Trinajstić information content (AvgIpc) is 2.65. The molecule has 3 heteroatoms. The molecule has 3 aromatic carbocycles. The third kappa shape index (κ3) is 3.26. The van der Waals surface area contributed by atoms with Crippen molar-refractivity contribution in [2.24, 2.45) is 0 Å². The van der Waals surface area contributed by atoms with Gasteiger partial charge < -0.3 is 12.4 Å². The Labute approximate surface area is 152 Å². The topological polar surface area (TPSA) is 3.24 Å². The molecule has 0 heterocycles. The molecule has 1 nitrogen and oxygen atoms in total. The molecule has 0 aromatic heterocycles. The Morgan fingerprint density at radius 1 is 0.625 bits per heavy atom. The summed E-state index contributed by atoms with van der Waals surface area (Å²) in [4.78, 5) is 0. The van der Waals surface area contributed by atoms with Crippen LogP contribution in [-0.2, 0) is 0 Å². The Hall–Kier alpha value is -1.66. The number of halogens is 1. The van der Waals surface area contributed by atoms with Crippen molar-refractivity contribution in [1.29, 1.82) is 0 Å². The standard InChI is InChI=1S/C21H23NP.ClH/c1-3-22(2)23(19-13-7-4-8-14-19,20-15-9-5-10-16-20)21-17-11-6-12-18-21;/h4-18H,3H2,1-2H3;1H/q+1;/p-1. The highest BCUT2D eigenvalue weighted by atomic mass is 35.5. The van der Waals surface area contributed by atoms with Gasteiger partial charge in [-0.25, -0.2) is 0 Å². The minimum Gasteiger partial charge on any atom is -1.00 e. The van der Waals surface area contributed by atoms with Crippen molar-refractivity contribution in [3.63, 3.8) is 0 Å².